The molecule has 8 nitrogen and oxygen atoms in total. The van der Waals surface area contributed by atoms with E-state index in [1.807, 2.05) is 24.3 Å². The van der Waals surface area contributed by atoms with E-state index in [0.717, 1.165) is 17.5 Å². The Hall–Kier alpha value is -2.62. The lowest BCUT2D eigenvalue weighted by Crippen LogP contribution is -2.27. The molecule has 1 amide bonds. The molecule has 2 aromatic carbocycles. The van der Waals surface area contributed by atoms with Gasteiger partial charge in [0, 0.05) is 39.1 Å². The third-order valence-electron chi connectivity index (χ3n) is 4.80. The molecule has 31 heavy (non-hydrogen) atoms. The van der Waals surface area contributed by atoms with Gasteiger partial charge < -0.3 is 19.5 Å². The summed E-state index contributed by atoms with van der Waals surface area (Å²) in [4.78, 5) is 12.2. The van der Waals surface area contributed by atoms with E-state index in [2.05, 4.69) is 10.0 Å². The highest BCUT2D eigenvalue weighted by atomic mass is 32.2. The normalized spacial score (nSPS) is 13.5. The summed E-state index contributed by atoms with van der Waals surface area (Å²) in [6.07, 6.45) is 1.35. The van der Waals surface area contributed by atoms with Gasteiger partial charge in [-0.05, 0) is 29.7 Å². The van der Waals surface area contributed by atoms with E-state index in [9.17, 15) is 13.2 Å². The van der Waals surface area contributed by atoms with E-state index in [1.165, 1.54) is 12.1 Å². The molecule has 0 atom stereocenters. The monoisotopic (exact) mass is 448 g/mol. The topological polar surface area (TPSA) is 103 Å². The lowest BCUT2D eigenvalue weighted by Gasteiger charge is -2.11. The summed E-state index contributed by atoms with van der Waals surface area (Å²) in [6.45, 7) is 2.06. The van der Waals surface area contributed by atoms with Crippen LogP contribution in [0.3, 0.4) is 0 Å². The molecule has 2 N–H and O–H groups in total. The molecule has 3 rings (SSSR count). The second-order valence-corrected chi connectivity index (χ2v) is 8.91. The minimum atomic E-state index is -3.70. The molecule has 168 valence electrons. The van der Waals surface area contributed by atoms with Crippen LogP contribution in [0.1, 0.15) is 30.4 Å². The fraction of sp³-hybridized carbons (Fsp3) is 0.409. The van der Waals surface area contributed by atoms with Crippen molar-refractivity contribution >= 4 is 15.9 Å². The van der Waals surface area contributed by atoms with Gasteiger partial charge in [0.25, 0.3) is 0 Å². The highest BCUT2D eigenvalue weighted by Crippen LogP contribution is 2.31. The number of hydrogen-bond acceptors (Lipinski definition) is 6. The van der Waals surface area contributed by atoms with Crippen LogP contribution >= 0.6 is 0 Å². The average molecular weight is 449 g/mol. The Balaban J connectivity index is 1.45. The smallest absolute Gasteiger partial charge is 0.240 e. The van der Waals surface area contributed by atoms with Crippen molar-refractivity contribution in [2.45, 2.75) is 37.3 Å². The third-order valence-corrected chi connectivity index (χ3v) is 6.25. The summed E-state index contributed by atoms with van der Waals surface area (Å²) in [5, 5.41) is 2.87. The molecule has 0 unspecified atom stereocenters. The standard InChI is InChI=1S/C22H28N2O6S/c1-28-16-18-7-3-2-6-17(18)15-23-22(25)8-4-11-24-31(26,27)19-9-10-20-21(14-19)30-13-5-12-29-20/h2-3,6-7,9-10,14,24H,4-5,8,11-13,15-16H2,1H3,(H,23,25). The maximum absolute atomic E-state index is 12.5. The molecule has 2 aromatic rings. The largest absolute Gasteiger partial charge is 0.490 e. The van der Waals surface area contributed by atoms with Crippen molar-refractivity contribution in [3.05, 3.63) is 53.6 Å². The van der Waals surface area contributed by atoms with Crippen LogP contribution in [0.5, 0.6) is 11.5 Å². The zero-order valence-corrected chi connectivity index (χ0v) is 18.4. The third kappa shape index (κ3) is 6.68. The van der Waals surface area contributed by atoms with Crippen molar-refractivity contribution in [3.8, 4) is 11.5 Å². The van der Waals surface area contributed by atoms with Gasteiger partial charge in [-0.3, -0.25) is 4.79 Å². The zero-order valence-electron chi connectivity index (χ0n) is 17.6. The number of hydrogen-bond donors (Lipinski definition) is 2. The second kappa shape index (κ2) is 11.1. The van der Waals surface area contributed by atoms with E-state index in [1.54, 1.807) is 13.2 Å². The van der Waals surface area contributed by atoms with E-state index >= 15 is 0 Å². The molecule has 1 aliphatic heterocycles. The van der Waals surface area contributed by atoms with Crippen LogP contribution in [0.2, 0.25) is 0 Å². The molecule has 0 saturated heterocycles. The average Bonchev–Trinajstić information content (AvgIpc) is 3.01. The minimum Gasteiger partial charge on any atom is -0.490 e. The number of fused-ring (bicyclic) bond motifs is 1. The van der Waals surface area contributed by atoms with Crippen LogP contribution in [-0.4, -0.2) is 41.2 Å². The second-order valence-electron chi connectivity index (χ2n) is 7.14. The quantitative estimate of drug-likeness (QED) is 0.541. The number of methoxy groups -OCH3 is 1. The van der Waals surface area contributed by atoms with Crippen LogP contribution in [0.4, 0.5) is 0 Å². The maximum Gasteiger partial charge on any atom is 0.240 e. The van der Waals surface area contributed by atoms with E-state index < -0.39 is 10.0 Å². The number of ether oxygens (including phenoxy) is 3. The van der Waals surface area contributed by atoms with Gasteiger partial charge in [0.2, 0.25) is 15.9 Å². The number of sulfonamides is 1. The first-order chi connectivity index (χ1) is 15.0. The van der Waals surface area contributed by atoms with Gasteiger partial charge in [-0.1, -0.05) is 24.3 Å². The number of benzene rings is 2. The van der Waals surface area contributed by atoms with Crippen LogP contribution in [0.25, 0.3) is 0 Å². The maximum atomic E-state index is 12.5. The van der Waals surface area contributed by atoms with Gasteiger partial charge in [-0.25, -0.2) is 13.1 Å². The van der Waals surface area contributed by atoms with Crippen molar-refractivity contribution < 1.29 is 27.4 Å². The molecule has 0 radical (unpaired) electrons. The van der Waals surface area contributed by atoms with Crippen molar-refractivity contribution in [2.75, 3.05) is 26.9 Å². The lowest BCUT2D eigenvalue weighted by atomic mass is 10.1. The summed E-state index contributed by atoms with van der Waals surface area (Å²) < 4.78 is 43.9. The number of carbonyl (C=O) groups is 1. The molecule has 9 heteroatoms. The van der Waals surface area contributed by atoms with Crippen molar-refractivity contribution in [1.29, 1.82) is 0 Å². The fourth-order valence-corrected chi connectivity index (χ4v) is 4.25. The van der Waals surface area contributed by atoms with Gasteiger partial charge in [0.1, 0.15) is 0 Å². The predicted molar refractivity (Wildman–Crippen MR) is 115 cm³/mol. The molecule has 0 bridgehead atoms. The highest BCUT2D eigenvalue weighted by molar-refractivity contribution is 7.89. The predicted octanol–water partition coefficient (Wildman–Crippen LogP) is 2.37. The molecule has 0 aromatic heterocycles. The van der Waals surface area contributed by atoms with Crippen molar-refractivity contribution in [1.82, 2.24) is 10.0 Å². The van der Waals surface area contributed by atoms with Crippen molar-refractivity contribution in [2.24, 2.45) is 0 Å². The van der Waals surface area contributed by atoms with E-state index in [4.69, 9.17) is 14.2 Å². The molecule has 0 fully saturated rings. The zero-order chi connectivity index (χ0) is 22.1. The first-order valence-electron chi connectivity index (χ1n) is 10.2. The Morgan fingerprint density at radius 3 is 2.58 bits per heavy atom. The van der Waals surface area contributed by atoms with Gasteiger partial charge in [0.15, 0.2) is 11.5 Å². The van der Waals surface area contributed by atoms with Crippen LogP contribution < -0.4 is 19.5 Å². The first-order valence-corrected chi connectivity index (χ1v) is 11.7. The first kappa shape index (κ1) is 23.1. The molecular weight excluding hydrogens is 420 g/mol. The van der Waals surface area contributed by atoms with Gasteiger partial charge >= 0.3 is 0 Å². The molecule has 1 aliphatic rings. The molecule has 0 spiro atoms. The molecule has 1 heterocycles. The lowest BCUT2D eigenvalue weighted by molar-refractivity contribution is -0.121. The van der Waals surface area contributed by atoms with Crippen molar-refractivity contribution in [3.63, 3.8) is 0 Å². The fourth-order valence-electron chi connectivity index (χ4n) is 3.16. The molecule has 0 aliphatic carbocycles. The number of nitrogens with one attached hydrogen (secondary N) is 2. The SMILES string of the molecule is COCc1ccccc1CNC(=O)CCCNS(=O)(=O)c1ccc2c(c1)OCCCO2. The Morgan fingerprint density at radius 2 is 1.81 bits per heavy atom. The highest BCUT2D eigenvalue weighted by Gasteiger charge is 2.18. The summed E-state index contributed by atoms with van der Waals surface area (Å²) >= 11 is 0. The van der Waals surface area contributed by atoms with Crippen LogP contribution in [0, 0.1) is 0 Å². The summed E-state index contributed by atoms with van der Waals surface area (Å²) in [6, 6.07) is 12.3. The molecule has 0 saturated carbocycles. The molecular formula is C22H28N2O6S. The number of amides is 1. The summed E-state index contributed by atoms with van der Waals surface area (Å²) in [5.74, 6) is 0.829. The van der Waals surface area contributed by atoms with Crippen LogP contribution in [0.15, 0.2) is 47.4 Å². The van der Waals surface area contributed by atoms with Crippen LogP contribution in [-0.2, 0) is 32.7 Å². The Morgan fingerprint density at radius 1 is 1.06 bits per heavy atom. The van der Waals surface area contributed by atoms with E-state index in [0.29, 0.717) is 44.3 Å². The number of rotatable bonds is 10. The number of carbonyl (C=O) groups excluding carboxylic acids is 1. The summed E-state index contributed by atoms with van der Waals surface area (Å²) in [7, 11) is -2.07. The van der Waals surface area contributed by atoms with Gasteiger partial charge in [0.05, 0.1) is 24.7 Å². The van der Waals surface area contributed by atoms with Gasteiger partial charge in [-0.2, -0.15) is 0 Å². The Labute approximate surface area is 182 Å². The van der Waals surface area contributed by atoms with E-state index in [-0.39, 0.29) is 23.8 Å². The Bertz CT molecular complexity index is 993. The summed E-state index contributed by atoms with van der Waals surface area (Å²) in [5.41, 5.74) is 2.01. The van der Waals surface area contributed by atoms with Gasteiger partial charge in [-0.15, -0.1) is 0 Å². The Kier molecular flexibility index (Phi) is 8.27. The minimum absolute atomic E-state index is 0.107.